The quantitative estimate of drug-likeness (QED) is 0.151. The lowest BCUT2D eigenvalue weighted by molar-refractivity contribution is 0.0528. The van der Waals surface area contributed by atoms with Crippen LogP contribution >= 0.6 is 24.0 Å². The number of likely N-dealkylation sites (N-methyl/N-ethyl adjacent to an activating group) is 1. The molecule has 1 rings (SSSR count). The molecule has 0 aliphatic rings. The van der Waals surface area contributed by atoms with E-state index in [1.54, 1.807) is 6.07 Å². The summed E-state index contributed by atoms with van der Waals surface area (Å²) in [5.74, 6) is 0.542. The molecule has 182 valence electrons. The minimum absolute atomic E-state index is 0. The van der Waals surface area contributed by atoms with Gasteiger partial charge >= 0.3 is 6.09 Å². The summed E-state index contributed by atoms with van der Waals surface area (Å²) >= 11 is 0. The Bertz CT molecular complexity index is 735. The predicted octanol–water partition coefficient (Wildman–Crippen LogP) is 2.18. The number of benzene rings is 1. The molecular weight excluding hydrogens is 523 g/mol. The smallest absolute Gasteiger partial charge is 0.407 e. The number of carbonyl (C=O) groups is 2. The molecule has 0 radical (unpaired) electrons. The van der Waals surface area contributed by atoms with E-state index in [4.69, 9.17) is 4.74 Å². The summed E-state index contributed by atoms with van der Waals surface area (Å²) in [6.45, 7) is 10.9. The van der Waals surface area contributed by atoms with Crippen LogP contribution in [0.15, 0.2) is 29.3 Å². The zero-order valence-corrected chi connectivity index (χ0v) is 22.4. The van der Waals surface area contributed by atoms with E-state index < -0.39 is 11.7 Å². The van der Waals surface area contributed by atoms with Crippen molar-refractivity contribution in [1.29, 1.82) is 0 Å². The van der Waals surface area contributed by atoms with Crippen molar-refractivity contribution in [2.75, 3.05) is 46.8 Å². The van der Waals surface area contributed by atoms with Gasteiger partial charge in [-0.25, -0.2) is 9.79 Å². The summed E-state index contributed by atoms with van der Waals surface area (Å²) in [5, 5.41) is 12.0. The third-order valence-electron chi connectivity index (χ3n) is 3.88. The number of hydrogen-bond donors (Lipinski definition) is 4. The third-order valence-corrected chi connectivity index (χ3v) is 3.88. The monoisotopic (exact) mass is 562 g/mol. The molecule has 1 aromatic rings. The van der Waals surface area contributed by atoms with E-state index in [1.807, 2.05) is 64.9 Å². The zero-order valence-electron chi connectivity index (χ0n) is 20.1. The second-order valence-corrected chi connectivity index (χ2v) is 8.31. The van der Waals surface area contributed by atoms with Gasteiger partial charge in [0.05, 0.1) is 6.54 Å². The van der Waals surface area contributed by atoms with Crippen molar-refractivity contribution < 1.29 is 14.3 Å². The molecule has 9 nitrogen and oxygen atoms in total. The molecule has 0 fully saturated rings. The van der Waals surface area contributed by atoms with E-state index in [2.05, 4.69) is 26.3 Å². The van der Waals surface area contributed by atoms with E-state index in [0.717, 1.165) is 12.1 Å². The number of rotatable bonds is 10. The number of amides is 2. The summed E-state index contributed by atoms with van der Waals surface area (Å²) in [6.07, 6.45) is -0.447. The first-order valence-electron chi connectivity index (χ1n) is 10.6. The highest BCUT2D eigenvalue weighted by Gasteiger charge is 2.15. The maximum Gasteiger partial charge on any atom is 0.407 e. The van der Waals surface area contributed by atoms with E-state index >= 15 is 0 Å². The fourth-order valence-electron chi connectivity index (χ4n) is 2.48. The lowest BCUT2D eigenvalue weighted by atomic mass is 10.1. The molecule has 32 heavy (non-hydrogen) atoms. The minimum Gasteiger partial charge on any atom is -0.444 e. The number of alkyl carbamates (subject to hydrolysis) is 1. The Morgan fingerprint density at radius 3 is 2.34 bits per heavy atom. The number of halogens is 1. The largest absolute Gasteiger partial charge is 0.444 e. The van der Waals surface area contributed by atoms with Crippen molar-refractivity contribution in [2.45, 2.75) is 39.8 Å². The van der Waals surface area contributed by atoms with Gasteiger partial charge < -0.3 is 30.9 Å². The molecule has 0 heterocycles. The van der Waals surface area contributed by atoms with Gasteiger partial charge in [-0.2, -0.15) is 0 Å². The normalized spacial score (nSPS) is 11.4. The highest BCUT2D eigenvalue weighted by Crippen LogP contribution is 2.07. The average Bonchev–Trinajstić information content (AvgIpc) is 2.67. The first-order chi connectivity index (χ1) is 14.6. The van der Waals surface area contributed by atoms with Gasteiger partial charge in [-0.05, 0) is 59.5 Å². The Morgan fingerprint density at radius 2 is 1.72 bits per heavy atom. The zero-order chi connectivity index (χ0) is 23.3. The van der Waals surface area contributed by atoms with Gasteiger partial charge in [0, 0.05) is 38.3 Å². The summed E-state index contributed by atoms with van der Waals surface area (Å²) in [7, 11) is 3.93. The number of nitrogens with zero attached hydrogens (tertiary/aromatic N) is 2. The Hall–Kier alpha value is -2.08. The van der Waals surface area contributed by atoms with Crippen molar-refractivity contribution in [3.8, 4) is 0 Å². The first-order valence-corrected chi connectivity index (χ1v) is 10.6. The minimum atomic E-state index is -0.522. The van der Waals surface area contributed by atoms with Crippen LogP contribution in [0.4, 0.5) is 4.79 Å². The fraction of sp³-hybridized carbons (Fsp3) is 0.591. The van der Waals surface area contributed by atoms with E-state index in [1.165, 1.54) is 0 Å². The van der Waals surface area contributed by atoms with Crippen LogP contribution in [0.5, 0.6) is 0 Å². The van der Waals surface area contributed by atoms with Gasteiger partial charge in [0.25, 0.3) is 5.91 Å². The van der Waals surface area contributed by atoms with E-state index in [9.17, 15) is 9.59 Å². The van der Waals surface area contributed by atoms with E-state index in [-0.39, 0.29) is 29.9 Å². The molecule has 2 amide bonds. The highest BCUT2D eigenvalue weighted by molar-refractivity contribution is 14.0. The van der Waals surface area contributed by atoms with Crippen LogP contribution in [0.3, 0.4) is 0 Å². The van der Waals surface area contributed by atoms with Gasteiger partial charge in [0.2, 0.25) is 0 Å². The van der Waals surface area contributed by atoms with Gasteiger partial charge in [-0.3, -0.25) is 4.79 Å². The molecule has 0 aromatic heterocycles. The molecule has 0 aliphatic carbocycles. The molecule has 0 bridgehead atoms. The summed E-state index contributed by atoms with van der Waals surface area (Å²) in [6, 6.07) is 7.44. The second-order valence-electron chi connectivity index (χ2n) is 8.31. The van der Waals surface area contributed by atoms with Gasteiger partial charge in [0.1, 0.15) is 5.60 Å². The number of aliphatic imine (C=N–C) groups is 1. The van der Waals surface area contributed by atoms with Gasteiger partial charge in [-0.1, -0.05) is 12.1 Å². The molecule has 0 atom stereocenters. The van der Waals surface area contributed by atoms with Crippen molar-refractivity contribution in [3.05, 3.63) is 35.4 Å². The fourth-order valence-corrected chi connectivity index (χ4v) is 2.48. The molecule has 4 N–H and O–H groups in total. The van der Waals surface area contributed by atoms with Crippen LogP contribution in [-0.2, 0) is 11.3 Å². The average molecular weight is 562 g/mol. The molecule has 0 spiro atoms. The van der Waals surface area contributed by atoms with Crippen molar-refractivity contribution in [2.24, 2.45) is 4.99 Å². The van der Waals surface area contributed by atoms with Crippen molar-refractivity contribution in [1.82, 2.24) is 26.2 Å². The van der Waals surface area contributed by atoms with Crippen molar-refractivity contribution in [3.63, 3.8) is 0 Å². The number of ether oxygens (including phenoxy) is 1. The van der Waals surface area contributed by atoms with Crippen LogP contribution in [0.25, 0.3) is 0 Å². The molecular formula is C22H39IN6O3. The standard InChI is InChI=1S/C22H38N6O3.HI/c1-7-23-20(25-11-12-26-21(30)31-22(2,3)4)27-16-17-9-8-10-18(15-17)19(29)24-13-14-28(5)6;/h8-10,15H,7,11-14,16H2,1-6H3,(H,24,29)(H,26,30)(H2,23,25,27);1H. The summed E-state index contributed by atoms with van der Waals surface area (Å²) < 4.78 is 5.21. The third kappa shape index (κ3) is 14.1. The van der Waals surface area contributed by atoms with Crippen LogP contribution < -0.4 is 21.3 Å². The van der Waals surface area contributed by atoms with Crippen LogP contribution in [0.2, 0.25) is 0 Å². The second kappa shape index (κ2) is 15.7. The van der Waals surface area contributed by atoms with Crippen LogP contribution in [0.1, 0.15) is 43.6 Å². The number of guanidine groups is 1. The first kappa shape index (κ1) is 29.9. The van der Waals surface area contributed by atoms with Gasteiger partial charge in [0.15, 0.2) is 5.96 Å². The molecule has 10 heteroatoms. The molecule has 0 aliphatic heterocycles. The van der Waals surface area contributed by atoms with Crippen LogP contribution in [-0.4, -0.2) is 75.3 Å². The number of carbonyl (C=O) groups excluding carboxylic acids is 2. The van der Waals surface area contributed by atoms with Crippen molar-refractivity contribution >= 4 is 41.9 Å². The predicted molar refractivity (Wildman–Crippen MR) is 140 cm³/mol. The number of hydrogen-bond acceptors (Lipinski definition) is 5. The lowest BCUT2D eigenvalue weighted by Gasteiger charge is -2.19. The Kier molecular flexibility index (Phi) is 14.7. The molecule has 1 aromatic carbocycles. The molecule has 0 saturated heterocycles. The molecule has 0 saturated carbocycles. The SMILES string of the molecule is CCNC(=NCc1cccc(C(=O)NCCN(C)C)c1)NCCNC(=O)OC(C)(C)C.I. The summed E-state index contributed by atoms with van der Waals surface area (Å²) in [5.41, 5.74) is 1.03. The van der Waals surface area contributed by atoms with E-state index in [0.29, 0.717) is 44.2 Å². The molecule has 0 unspecified atom stereocenters. The Balaban J connectivity index is 0.00000961. The Morgan fingerprint density at radius 1 is 1.03 bits per heavy atom. The maximum absolute atomic E-state index is 12.3. The Labute approximate surface area is 209 Å². The maximum atomic E-state index is 12.3. The lowest BCUT2D eigenvalue weighted by Crippen LogP contribution is -2.42. The topological polar surface area (TPSA) is 107 Å². The van der Waals surface area contributed by atoms with Gasteiger partial charge in [-0.15, -0.1) is 24.0 Å². The van der Waals surface area contributed by atoms with Crippen LogP contribution in [0, 0.1) is 0 Å². The summed E-state index contributed by atoms with van der Waals surface area (Å²) in [4.78, 5) is 30.6. The number of nitrogens with one attached hydrogen (secondary N) is 4. The highest BCUT2D eigenvalue weighted by atomic mass is 127.